The van der Waals surface area contributed by atoms with Gasteiger partial charge in [-0.25, -0.2) is 4.79 Å². The van der Waals surface area contributed by atoms with Crippen LogP contribution in [0.25, 0.3) is 0 Å². The molecule has 0 radical (unpaired) electrons. The molecule has 0 aromatic heterocycles. The summed E-state index contributed by atoms with van der Waals surface area (Å²) in [5, 5.41) is 22.1. The second kappa shape index (κ2) is 8.95. The van der Waals surface area contributed by atoms with Crippen LogP contribution < -0.4 is 22.1 Å². The Balaban J connectivity index is 4.85. The van der Waals surface area contributed by atoms with E-state index < -0.39 is 48.4 Å². The van der Waals surface area contributed by atoms with Crippen molar-refractivity contribution in [3.8, 4) is 0 Å². The molecule has 0 heterocycles. The summed E-state index contributed by atoms with van der Waals surface area (Å²) in [6.45, 7) is 2.46. The lowest BCUT2D eigenvalue weighted by molar-refractivity contribution is -0.143. The number of carboxylic acid groups (broad SMARTS) is 1. The van der Waals surface area contributed by atoms with Gasteiger partial charge in [0, 0.05) is 0 Å². The Hall–Kier alpha value is -2.20. The number of amides is 3. The molecule has 0 unspecified atom stereocenters. The highest BCUT2D eigenvalue weighted by Gasteiger charge is 2.29. The molecular formula is C12H22N4O6. The zero-order valence-electron chi connectivity index (χ0n) is 12.4. The van der Waals surface area contributed by atoms with Crippen LogP contribution >= 0.6 is 0 Å². The van der Waals surface area contributed by atoms with E-state index in [4.69, 9.17) is 21.7 Å². The number of aliphatic hydroxyl groups is 1. The van der Waals surface area contributed by atoms with Gasteiger partial charge in [0.2, 0.25) is 17.7 Å². The fourth-order valence-corrected chi connectivity index (χ4v) is 1.55. The monoisotopic (exact) mass is 318 g/mol. The average Bonchev–Trinajstić information content (AvgIpc) is 2.39. The molecule has 0 fully saturated rings. The van der Waals surface area contributed by atoms with Crippen LogP contribution in [0.3, 0.4) is 0 Å². The maximum absolute atomic E-state index is 12.0. The number of nitrogens with one attached hydrogen (secondary N) is 2. The van der Waals surface area contributed by atoms with Crippen molar-refractivity contribution >= 4 is 23.7 Å². The zero-order chi connectivity index (χ0) is 17.4. The number of carbonyl (C=O) groups excluding carboxylic acids is 3. The second-order valence-electron chi connectivity index (χ2n) is 5.09. The molecule has 0 aromatic rings. The third kappa shape index (κ3) is 6.50. The van der Waals surface area contributed by atoms with E-state index in [1.54, 1.807) is 13.8 Å². The molecule has 0 spiro atoms. The Morgan fingerprint density at radius 1 is 1.09 bits per heavy atom. The van der Waals surface area contributed by atoms with Gasteiger partial charge in [0.05, 0.1) is 19.1 Å². The summed E-state index contributed by atoms with van der Waals surface area (Å²) in [5.41, 5.74) is 10.4. The number of nitrogens with two attached hydrogens (primary N) is 2. The van der Waals surface area contributed by atoms with E-state index in [9.17, 15) is 19.2 Å². The molecule has 0 bridgehead atoms. The number of carboxylic acids is 1. The summed E-state index contributed by atoms with van der Waals surface area (Å²) in [6.07, 6.45) is -0.382. The molecule has 0 aliphatic carbocycles. The summed E-state index contributed by atoms with van der Waals surface area (Å²) >= 11 is 0. The summed E-state index contributed by atoms with van der Waals surface area (Å²) in [6, 6.07) is -3.76. The summed E-state index contributed by atoms with van der Waals surface area (Å²) in [7, 11) is 0. The van der Waals surface area contributed by atoms with Gasteiger partial charge in [-0.1, -0.05) is 13.8 Å². The van der Waals surface area contributed by atoms with Gasteiger partial charge in [0.25, 0.3) is 0 Å². The molecule has 3 atom stereocenters. The Morgan fingerprint density at radius 2 is 1.64 bits per heavy atom. The quantitative estimate of drug-likeness (QED) is 0.260. The molecular weight excluding hydrogens is 296 g/mol. The Labute approximate surface area is 127 Å². The third-order valence-corrected chi connectivity index (χ3v) is 2.80. The SMILES string of the molecule is CC(C)[C@H](NC(=O)[C@@H](N)CC(N)=O)C(=O)N[C@@H](CO)C(=O)O. The van der Waals surface area contributed by atoms with Crippen LogP contribution in [-0.2, 0) is 19.2 Å². The molecule has 3 amide bonds. The fourth-order valence-electron chi connectivity index (χ4n) is 1.55. The molecule has 0 rings (SSSR count). The standard InChI is InChI=1S/C12H22N4O6/c1-5(2)9(11(20)15-7(4-17)12(21)22)16-10(19)6(13)3-8(14)18/h5-7,9,17H,3-4,13H2,1-2H3,(H2,14,18)(H,15,20)(H,16,19)(H,21,22)/t6-,7-,9-/m0/s1. The first-order valence-corrected chi connectivity index (χ1v) is 6.58. The topological polar surface area (TPSA) is 185 Å². The van der Waals surface area contributed by atoms with E-state index in [0.29, 0.717) is 0 Å². The first-order chi connectivity index (χ1) is 10.1. The van der Waals surface area contributed by atoms with Crippen molar-refractivity contribution in [1.82, 2.24) is 10.6 Å². The van der Waals surface area contributed by atoms with Crippen LogP contribution in [0.2, 0.25) is 0 Å². The van der Waals surface area contributed by atoms with E-state index in [1.165, 1.54) is 0 Å². The second-order valence-corrected chi connectivity index (χ2v) is 5.09. The molecule has 22 heavy (non-hydrogen) atoms. The zero-order valence-corrected chi connectivity index (χ0v) is 12.4. The molecule has 0 saturated heterocycles. The number of aliphatic carboxylic acids is 1. The molecule has 10 nitrogen and oxygen atoms in total. The summed E-state index contributed by atoms with van der Waals surface area (Å²) < 4.78 is 0. The van der Waals surface area contributed by atoms with Crippen molar-refractivity contribution in [2.75, 3.05) is 6.61 Å². The van der Waals surface area contributed by atoms with Gasteiger partial charge in [-0.05, 0) is 5.92 Å². The Kier molecular flexibility index (Phi) is 8.05. The third-order valence-electron chi connectivity index (χ3n) is 2.80. The van der Waals surface area contributed by atoms with E-state index in [2.05, 4.69) is 10.6 Å². The summed E-state index contributed by atoms with van der Waals surface area (Å²) in [5.74, 6) is -4.09. The van der Waals surface area contributed by atoms with Crippen LogP contribution in [0.4, 0.5) is 0 Å². The lowest BCUT2D eigenvalue weighted by atomic mass is 10.0. The Morgan fingerprint density at radius 3 is 2.00 bits per heavy atom. The minimum absolute atomic E-state index is 0.377. The average molecular weight is 318 g/mol. The van der Waals surface area contributed by atoms with Gasteiger partial charge < -0.3 is 32.3 Å². The van der Waals surface area contributed by atoms with E-state index >= 15 is 0 Å². The van der Waals surface area contributed by atoms with Crippen molar-refractivity contribution < 1.29 is 29.4 Å². The van der Waals surface area contributed by atoms with Crippen molar-refractivity contribution in [3.63, 3.8) is 0 Å². The number of aliphatic hydroxyl groups excluding tert-OH is 1. The van der Waals surface area contributed by atoms with Gasteiger partial charge >= 0.3 is 5.97 Å². The van der Waals surface area contributed by atoms with Gasteiger partial charge in [0.1, 0.15) is 12.1 Å². The number of primary amides is 1. The van der Waals surface area contributed by atoms with Gasteiger partial charge in [-0.3, -0.25) is 14.4 Å². The lowest BCUT2D eigenvalue weighted by Gasteiger charge is -2.24. The smallest absolute Gasteiger partial charge is 0.328 e. The number of carbonyl (C=O) groups is 4. The van der Waals surface area contributed by atoms with Crippen LogP contribution in [-0.4, -0.2) is 58.6 Å². The van der Waals surface area contributed by atoms with Crippen LogP contribution in [0.15, 0.2) is 0 Å². The predicted molar refractivity (Wildman–Crippen MR) is 75.2 cm³/mol. The fraction of sp³-hybridized carbons (Fsp3) is 0.667. The number of hydrogen-bond donors (Lipinski definition) is 6. The van der Waals surface area contributed by atoms with Crippen LogP contribution in [0.5, 0.6) is 0 Å². The van der Waals surface area contributed by atoms with Crippen molar-refractivity contribution in [2.45, 2.75) is 38.4 Å². The van der Waals surface area contributed by atoms with Crippen molar-refractivity contribution in [1.29, 1.82) is 0 Å². The van der Waals surface area contributed by atoms with E-state index in [0.717, 1.165) is 0 Å². The number of hydrogen-bond acceptors (Lipinski definition) is 6. The molecule has 8 N–H and O–H groups in total. The van der Waals surface area contributed by atoms with Gasteiger partial charge in [-0.2, -0.15) is 0 Å². The highest BCUT2D eigenvalue weighted by Crippen LogP contribution is 2.03. The lowest BCUT2D eigenvalue weighted by Crippen LogP contribution is -2.57. The van der Waals surface area contributed by atoms with Crippen molar-refractivity contribution in [3.05, 3.63) is 0 Å². The van der Waals surface area contributed by atoms with Gasteiger partial charge in [0.15, 0.2) is 0 Å². The minimum Gasteiger partial charge on any atom is -0.480 e. The first-order valence-electron chi connectivity index (χ1n) is 6.58. The molecule has 126 valence electrons. The summed E-state index contributed by atoms with van der Waals surface area (Å²) in [4.78, 5) is 45.3. The number of rotatable bonds is 9. The predicted octanol–water partition coefficient (Wildman–Crippen LogP) is -3.11. The Bertz CT molecular complexity index is 439. The normalized spacial score (nSPS) is 14.8. The minimum atomic E-state index is -1.48. The molecule has 10 heteroatoms. The highest BCUT2D eigenvalue weighted by atomic mass is 16.4. The van der Waals surface area contributed by atoms with Gasteiger partial charge in [-0.15, -0.1) is 0 Å². The molecule has 0 aliphatic rings. The largest absolute Gasteiger partial charge is 0.480 e. The maximum atomic E-state index is 12.0. The van der Waals surface area contributed by atoms with Crippen molar-refractivity contribution in [2.24, 2.45) is 17.4 Å². The van der Waals surface area contributed by atoms with Crippen LogP contribution in [0.1, 0.15) is 20.3 Å². The van der Waals surface area contributed by atoms with E-state index in [1.807, 2.05) is 0 Å². The van der Waals surface area contributed by atoms with E-state index in [-0.39, 0.29) is 12.3 Å². The maximum Gasteiger partial charge on any atom is 0.328 e. The van der Waals surface area contributed by atoms with Crippen LogP contribution in [0, 0.1) is 5.92 Å². The first kappa shape index (κ1) is 19.8. The molecule has 0 aromatic carbocycles. The molecule has 0 aliphatic heterocycles. The highest BCUT2D eigenvalue weighted by molar-refractivity contribution is 5.93. The molecule has 0 saturated carbocycles.